The highest BCUT2D eigenvalue weighted by molar-refractivity contribution is 5.88. The van der Waals surface area contributed by atoms with Crippen molar-refractivity contribution in [3.8, 4) is 6.07 Å². The van der Waals surface area contributed by atoms with Gasteiger partial charge in [0.15, 0.2) is 5.78 Å². The predicted octanol–water partition coefficient (Wildman–Crippen LogP) is 2.66. The average molecular weight is 259 g/mol. The summed E-state index contributed by atoms with van der Waals surface area (Å²) in [5, 5.41) is 14.0. The molecule has 2 rings (SSSR count). The number of aromatic nitrogens is 2. The van der Waals surface area contributed by atoms with E-state index in [1.54, 1.807) is 0 Å². The molecule has 4 nitrogen and oxygen atoms in total. The van der Waals surface area contributed by atoms with E-state index >= 15 is 0 Å². The lowest BCUT2D eigenvalue weighted by Gasteiger charge is -2.29. The molecule has 0 spiro atoms. The third-order valence-electron chi connectivity index (χ3n) is 4.06. The van der Waals surface area contributed by atoms with Gasteiger partial charge in [-0.05, 0) is 32.3 Å². The largest absolute Gasteiger partial charge is 0.298 e. The fourth-order valence-corrected chi connectivity index (χ4v) is 2.85. The summed E-state index contributed by atoms with van der Waals surface area (Å²) in [5.74, 6) is 0.114. The first-order chi connectivity index (χ1) is 9.15. The van der Waals surface area contributed by atoms with Gasteiger partial charge in [0, 0.05) is 25.1 Å². The van der Waals surface area contributed by atoms with Crippen molar-refractivity contribution in [3.05, 3.63) is 17.5 Å². The Morgan fingerprint density at radius 3 is 2.84 bits per heavy atom. The molecule has 19 heavy (non-hydrogen) atoms. The molecule has 1 aromatic heterocycles. The van der Waals surface area contributed by atoms with Gasteiger partial charge in [-0.2, -0.15) is 10.4 Å². The van der Waals surface area contributed by atoms with E-state index in [9.17, 15) is 10.1 Å². The monoisotopic (exact) mass is 259 g/mol. The summed E-state index contributed by atoms with van der Waals surface area (Å²) in [4.78, 5) is 12.2. The van der Waals surface area contributed by atoms with E-state index < -0.39 is 5.41 Å². The van der Waals surface area contributed by atoms with Crippen molar-refractivity contribution in [3.63, 3.8) is 0 Å². The second kappa shape index (κ2) is 5.56. The molecule has 0 radical (unpaired) electrons. The van der Waals surface area contributed by atoms with Crippen molar-refractivity contribution in [2.75, 3.05) is 0 Å². The molecule has 1 unspecified atom stereocenters. The van der Waals surface area contributed by atoms with Crippen LogP contribution in [0.15, 0.2) is 6.07 Å². The zero-order valence-electron chi connectivity index (χ0n) is 11.8. The van der Waals surface area contributed by atoms with Crippen molar-refractivity contribution in [2.45, 2.75) is 58.9 Å². The summed E-state index contributed by atoms with van der Waals surface area (Å²) in [6.07, 6.45) is 4.54. The number of carbonyl (C=O) groups excluding carboxylic acids is 1. The molecule has 1 saturated carbocycles. The number of rotatable bonds is 4. The van der Waals surface area contributed by atoms with Gasteiger partial charge >= 0.3 is 0 Å². The van der Waals surface area contributed by atoms with Crippen LogP contribution in [0.25, 0.3) is 0 Å². The molecule has 0 saturated heterocycles. The van der Waals surface area contributed by atoms with Crippen LogP contribution in [0, 0.1) is 16.7 Å². The van der Waals surface area contributed by atoms with Crippen LogP contribution in [0.4, 0.5) is 0 Å². The van der Waals surface area contributed by atoms with Crippen LogP contribution >= 0.6 is 0 Å². The summed E-state index contributed by atoms with van der Waals surface area (Å²) in [7, 11) is 0. The first-order valence-corrected chi connectivity index (χ1v) is 7.15. The minimum Gasteiger partial charge on any atom is -0.298 e. The Labute approximate surface area is 114 Å². The number of hydrogen-bond acceptors (Lipinski definition) is 3. The van der Waals surface area contributed by atoms with Gasteiger partial charge in [-0.3, -0.25) is 9.48 Å². The van der Waals surface area contributed by atoms with E-state index in [-0.39, 0.29) is 5.78 Å². The van der Waals surface area contributed by atoms with Crippen LogP contribution in [0.5, 0.6) is 0 Å². The number of ketones is 1. The molecule has 4 heteroatoms. The van der Waals surface area contributed by atoms with E-state index in [2.05, 4.69) is 18.1 Å². The highest BCUT2D eigenvalue weighted by Gasteiger charge is 2.41. The average Bonchev–Trinajstić information content (AvgIpc) is 2.83. The number of nitriles is 1. The third kappa shape index (κ3) is 2.56. The summed E-state index contributed by atoms with van der Waals surface area (Å²) in [5.41, 5.74) is 1.25. The molecule has 0 bridgehead atoms. The molecule has 1 heterocycles. The number of hydrogen-bond donors (Lipinski definition) is 0. The maximum absolute atomic E-state index is 12.2. The molecule has 1 atom stereocenters. The van der Waals surface area contributed by atoms with Gasteiger partial charge in [0.05, 0.1) is 11.8 Å². The zero-order valence-corrected chi connectivity index (χ0v) is 11.8. The molecule has 1 fully saturated rings. The van der Waals surface area contributed by atoms with E-state index in [0.29, 0.717) is 19.3 Å². The first-order valence-electron chi connectivity index (χ1n) is 7.15. The topological polar surface area (TPSA) is 58.7 Å². The Morgan fingerprint density at radius 1 is 1.47 bits per heavy atom. The van der Waals surface area contributed by atoms with Gasteiger partial charge in [-0.15, -0.1) is 0 Å². The third-order valence-corrected chi connectivity index (χ3v) is 4.06. The van der Waals surface area contributed by atoms with Gasteiger partial charge in [-0.25, -0.2) is 0 Å². The van der Waals surface area contributed by atoms with Crippen LogP contribution in [0.2, 0.25) is 0 Å². The Hall–Kier alpha value is -1.63. The van der Waals surface area contributed by atoms with Crippen LogP contribution in [0.3, 0.4) is 0 Å². The lowest BCUT2D eigenvalue weighted by atomic mass is 9.71. The van der Waals surface area contributed by atoms with Gasteiger partial charge in [-0.1, -0.05) is 13.3 Å². The Morgan fingerprint density at radius 2 is 2.26 bits per heavy atom. The van der Waals surface area contributed by atoms with Crippen LogP contribution in [-0.2, 0) is 24.2 Å². The quantitative estimate of drug-likeness (QED) is 0.835. The maximum Gasteiger partial charge on any atom is 0.153 e. The summed E-state index contributed by atoms with van der Waals surface area (Å²) < 4.78 is 1.93. The second-order valence-electron chi connectivity index (χ2n) is 5.30. The summed E-state index contributed by atoms with van der Waals surface area (Å²) in [6, 6.07) is 4.35. The van der Waals surface area contributed by atoms with E-state index in [1.165, 1.54) is 0 Å². The van der Waals surface area contributed by atoms with E-state index in [0.717, 1.165) is 37.2 Å². The van der Waals surface area contributed by atoms with Crippen molar-refractivity contribution < 1.29 is 4.79 Å². The normalized spacial score (nSPS) is 23.3. The highest BCUT2D eigenvalue weighted by atomic mass is 16.1. The molecule has 102 valence electrons. The second-order valence-corrected chi connectivity index (χ2v) is 5.30. The Bertz CT molecular complexity index is 512. The number of carbonyl (C=O) groups is 1. The van der Waals surface area contributed by atoms with Crippen LogP contribution < -0.4 is 0 Å². The molecule has 0 aliphatic heterocycles. The molecule has 1 aliphatic carbocycles. The van der Waals surface area contributed by atoms with Gasteiger partial charge in [0.1, 0.15) is 5.41 Å². The smallest absolute Gasteiger partial charge is 0.153 e. The fourth-order valence-electron chi connectivity index (χ4n) is 2.85. The summed E-state index contributed by atoms with van der Waals surface area (Å²) in [6.45, 7) is 4.89. The maximum atomic E-state index is 12.2. The molecule has 0 aromatic carbocycles. The first kappa shape index (κ1) is 13.8. The predicted molar refractivity (Wildman–Crippen MR) is 72.5 cm³/mol. The molecule has 0 N–H and O–H groups in total. The minimum absolute atomic E-state index is 0.114. The Balaban J connectivity index is 2.30. The molecular weight excluding hydrogens is 238 g/mol. The fraction of sp³-hybridized carbons (Fsp3) is 0.667. The number of nitrogens with zero attached hydrogens (tertiary/aromatic N) is 3. The summed E-state index contributed by atoms with van der Waals surface area (Å²) >= 11 is 0. The molecule has 1 aromatic rings. The van der Waals surface area contributed by atoms with Crippen molar-refractivity contribution >= 4 is 5.78 Å². The van der Waals surface area contributed by atoms with Crippen molar-refractivity contribution in [1.82, 2.24) is 9.78 Å². The lowest BCUT2D eigenvalue weighted by molar-refractivity contribution is -0.128. The Kier molecular flexibility index (Phi) is 4.04. The van der Waals surface area contributed by atoms with E-state index in [1.807, 2.05) is 17.7 Å². The highest BCUT2D eigenvalue weighted by Crippen LogP contribution is 2.36. The van der Waals surface area contributed by atoms with Crippen molar-refractivity contribution in [1.29, 1.82) is 5.26 Å². The molecule has 0 amide bonds. The minimum atomic E-state index is -0.809. The number of aryl methyl sites for hydroxylation is 2. The lowest BCUT2D eigenvalue weighted by Crippen LogP contribution is -2.35. The zero-order chi connectivity index (χ0) is 13.9. The standard InChI is InChI=1S/C15H21N3O/c1-3-12-9-13(18(4-2)17-12)10-15(11-16)8-6-5-7-14(15)19/h9H,3-8,10H2,1-2H3. The van der Waals surface area contributed by atoms with Crippen LogP contribution in [-0.4, -0.2) is 15.6 Å². The molecular formula is C15H21N3O. The van der Waals surface area contributed by atoms with Gasteiger partial charge < -0.3 is 0 Å². The van der Waals surface area contributed by atoms with Crippen molar-refractivity contribution in [2.24, 2.45) is 5.41 Å². The SMILES string of the molecule is CCc1cc(CC2(C#N)CCCCC2=O)n(CC)n1. The van der Waals surface area contributed by atoms with E-state index in [4.69, 9.17) is 0 Å². The van der Waals surface area contributed by atoms with Crippen LogP contribution in [0.1, 0.15) is 50.9 Å². The molecule has 1 aliphatic rings. The van der Waals surface area contributed by atoms with Gasteiger partial charge in [0.25, 0.3) is 0 Å². The van der Waals surface area contributed by atoms with Gasteiger partial charge in [0.2, 0.25) is 0 Å². The number of Topliss-reactive ketones (excluding diaryl/α,β-unsaturated/α-hetero) is 1.